The monoisotopic (exact) mass is 451 g/mol. The molecule has 0 saturated heterocycles. The molecule has 1 saturated carbocycles. The van der Waals surface area contributed by atoms with Crippen molar-refractivity contribution in [2.75, 3.05) is 5.75 Å². The van der Waals surface area contributed by atoms with Crippen LogP contribution < -0.4 is 0 Å². The lowest BCUT2D eigenvalue weighted by Crippen LogP contribution is -2.10. The number of aryl methyl sites for hydroxylation is 1. The maximum Gasteiger partial charge on any atom is 0.323 e. The van der Waals surface area contributed by atoms with Crippen molar-refractivity contribution in [2.24, 2.45) is 5.92 Å². The number of benzene rings is 2. The highest BCUT2D eigenvalue weighted by molar-refractivity contribution is 7.91. The van der Waals surface area contributed by atoms with Gasteiger partial charge in [-0.15, -0.1) is 0 Å². The zero-order valence-corrected chi connectivity index (χ0v) is 18.7. The summed E-state index contributed by atoms with van der Waals surface area (Å²) < 4.78 is 26.1. The molecule has 1 aromatic heterocycles. The number of rotatable bonds is 7. The number of aromatic nitrogens is 1. The number of sulfone groups is 1. The topological polar surface area (TPSA) is 93.4 Å². The first kappa shape index (κ1) is 20.9. The van der Waals surface area contributed by atoms with E-state index < -0.39 is 15.8 Å². The van der Waals surface area contributed by atoms with Crippen LogP contribution in [0.3, 0.4) is 0 Å². The van der Waals surface area contributed by atoms with Crippen LogP contribution in [0.1, 0.15) is 40.8 Å². The van der Waals surface area contributed by atoms with Crippen molar-refractivity contribution in [1.29, 1.82) is 0 Å². The molecule has 2 aliphatic rings. The lowest BCUT2D eigenvalue weighted by molar-refractivity contribution is -0.137. The summed E-state index contributed by atoms with van der Waals surface area (Å²) >= 11 is 0. The molecule has 2 heterocycles. The summed E-state index contributed by atoms with van der Waals surface area (Å²) in [6, 6.07) is 11.4. The highest BCUT2D eigenvalue weighted by atomic mass is 32.2. The van der Waals surface area contributed by atoms with E-state index in [1.807, 2.05) is 37.3 Å². The van der Waals surface area contributed by atoms with E-state index in [0.717, 1.165) is 51.7 Å². The molecule has 1 fully saturated rings. The number of carbonyl (C=O) groups excluding carboxylic acids is 1. The summed E-state index contributed by atoms with van der Waals surface area (Å²) in [5.74, 6) is -0.285. The average molecular weight is 452 g/mol. The number of Topliss-reactive ketones (excluding diaryl/α,β-unsaturated/α-hetero) is 1. The summed E-state index contributed by atoms with van der Waals surface area (Å²) in [6.07, 6.45) is 3.46. The molecular formula is C25H25NO5S. The van der Waals surface area contributed by atoms with Crippen LogP contribution >= 0.6 is 0 Å². The Morgan fingerprint density at radius 3 is 2.56 bits per heavy atom. The van der Waals surface area contributed by atoms with Gasteiger partial charge in [0.25, 0.3) is 0 Å². The van der Waals surface area contributed by atoms with Gasteiger partial charge >= 0.3 is 5.97 Å². The molecule has 0 unspecified atom stereocenters. The minimum Gasteiger partial charge on any atom is -0.480 e. The van der Waals surface area contributed by atoms with Crippen LogP contribution in [-0.2, 0) is 45.2 Å². The molecule has 3 aromatic rings. The number of carboxylic acids is 1. The maximum absolute atomic E-state index is 12.3. The van der Waals surface area contributed by atoms with Crippen LogP contribution in [0, 0.1) is 12.8 Å². The summed E-state index contributed by atoms with van der Waals surface area (Å²) in [6.45, 7) is 1.79. The number of hydrogen-bond acceptors (Lipinski definition) is 4. The van der Waals surface area contributed by atoms with Gasteiger partial charge < -0.3 is 9.67 Å². The highest BCUT2D eigenvalue weighted by Gasteiger charge is 2.29. The Hall–Kier alpha value is -2.93. The summed E-state index contributed by atoms with van der Waals surface area (Å²) in [4.78, 5) is 24.2. The molecule has 1 aliphatic heterocycles. The summed E-state index contributed by atoms with van der Waals surface area (Å²) in [7, 11) is -3.17. The number of ketones is 1. The molecule has 166 valence electrons. The van der Waals surface area contributed by atoms with E-state index in [-0.39, 0.29) is 24.0 Å². The first-order valence-electron chi connectivity index (χ1n) is 10.9. The van der Waals surface area contributed by atoms with Crippen molar-refractivity contribution in [3.63, 3.8) is 0 Å². The molecule has 1 N–H and O–H groups in total. The van der Waals surface area contributed by atoms with Crippen molar-refractivity contribution in [2.45, 2.75) is 50.5 Å². The van der Waals surface area contributed by atoms with Crippen LogP contribution in [0.15, 0.2) is 41.3 Å². The van der Waals surface area contributed by atoms with Crippen LogP contribution in [-0.4, -0.2) is 35.6 Å². The summed E-state index contributed by atoms with van der Waals surface area (Å²) in [5.41, 5.74) is 5.53. The van der Waals surface area contributed by atoms with E-state index in [9.17, 15) is 23.1 Å². The van der Waals surface area contributed by atoms with E-state index in [4.69, 9.17) is 0 Å². The Kier molecular flexibility index (Phi) is 4.97. The third kappa shape index (κ3) is 3.75. The third-order valence-electron chi connectivity index (χ3n) is 6.70. The fourth-order valence-corrected chi connectivity index (χ4v) is 6.37. The Morgan fingerprint density at radius 2 is 1.84 bits per heavy atom. The van der Waals surface area contributed by atoms with Gasteiger partial charge in [-0.1, -0.05) is 18.2 Å². The molecule has 0 spiro atoms. The molecule has 0 bridgehead atoms. The fourth-order valence-electron chi connectivity index (χ4n) is 4.82. The zero-order valence-electron chi connectivity index (χ0n) is 17.9. The number of aliphatic carboxylic acids is 1. The number of fused-ring (bicyclic) bond motifs is 2. The Bertz CT molecular complexity index is 1380. The minimum atomic E-state index is -3.17. The van der Waals surface area contributed by atoms with Crippen LogP contribution in [0.4, 0.5) is 0 Å². The molecule has 1 aliphatic carbocycles. The van der Waals surface area contributed by atoms with Crippen LogP contribution in [0.2, 0.25) is 0 Å². The third-order valence-corrected chi connectivity index (χ3v) is 8.51. The second kappa shape index (κ2) is 7.59. The van der Waals surface area contributed by atoms with Crippen LogP contribution in [0.25, 0.3) is 10.9 Å². The Balaban J connectivity index is 1.56. The molecule has 32 heavy (non-hydrogen) atoms. The van der Waals surface area contributed by atoms with Gasteiger partial charge in [0.1, 0.15) is 12.3 Å². The predicted molar refractivity (Wildman–Crippen MR) is 121 cm³/mol. The van der Waals surface area contributed by atoms with Gasteiger partial charge in [0.2, 0.25) is 0 Å². The fraction of sp³-hybridized carbons (Fsp3) is 0.360. The van der Waals surface area contributed by atoms with Gasteiger partial charge in [0.05, 0.1) is 10.6 Å². The second-order valence-electron chi connectivity index (χ2n) is 9.00. The van der Waals surface area contributed by atoms with Gasteiger partial charge in [0.15, 0.2) is 9.84 Å². The first-order valence-corrected chi connectivity index (χ1v) is 12.6. The zero-order chi connectivity index (χ0) is 22.6. The number of hydrogen-bond donors (Lipinski definition) is 1. The molecular weight excluding hydrogens is 426 g/mol. The van der Waals surface area contributed by atoms with Gasteiger partial charge in [-0.2, -0.15) is 0 Å². The molecule has 0 atom stereocenters. The molecule has 2 aromatic carbocycles. The highest BCUT2D eigenvalue weighted by Crippen LogP contribution is 2.34. The second-order valence-corrected chi connectivity index (χ2v) is 11.1. The van der Waals surface area contributed by atoms with E-state index in [2.05, 4.69) is 0 Å². The van der Waals surface area contributed by atoms with E-state index >= 15 is 0 Å². The molecule has 7 heteroatoms. The standard InChI is InChI=1S/C25H25NO5S/c1-15-20(11-16-3-7-24-19(10-16)8-9-32(24,30)31)21-12-17(13-23(27)18-4-5-18)2-6-22(21)26(15)14-25(28)29/h2-3,6-7,10,12,18H,4-5,8-9,11,13-14H2,1H3,(H,28,29). The Morgan fingerprint density at radius 1 is 1.09 bits per heavy atom. The number of carboxylic acid groups (broad SMARTS) is 1. The quantitative estimate of drug-likeness (QED) is 0.594. The van der Waals surface area contributed by atoms with E-state index in [0.29, 0.717) is 24.2 Å². The van der Waals surface area contributed by atoms with Gasteiger partial charge in [-0.05, 0) is 73.1 Å². The maximum atomic E-state index is 12.3. The van der Waals surface area contributed by atoms with Crippen molar-refractivity contribution < 1.29 is 23.1 Å². The van der Waals surface area contributed by atoms with Gasteiger partial charge in [-0.25, -0.2) is 8.42 Å². The first-order chi connectivity index (χ1) is 15.2. The smallest absolute Gasteiger partial charge is 0.323 e. The number of carbonyl (C=O) groups is 2. The lowest BCUT2D eigenvalue weighted by atomic mass is 9.98. The Labute approximate surface area is 186 Å². The SMILES string of the molecule is Cc1c(Cc2ccc3c(c2)CCS3(=O)=O)c2cc(CC(=O)C3CC3)ccc2n1CC(=O)O. The molecule has 5 rings (SSSR count). The van der Waals surface area contributed by atoms with Crippen molar-refractivity contribution >= 4 is 32.5 Å². The predicted octanol–water partition coefficient (Wildman–Crippen LogP) is 3.48. The normalized spacial score (nSPS) is 16.9. The average Bonchev–Trinajstić information content (AvgIpc) is 3.51. The number of nitrogens with zero attached hydrogens (tertiary/aromatic N) is 1. The van der Waals surface area contributed by atoms with E-state index in [1.165, 1.54) is 0 Å². The van der Waals surface area contributed by atoms with Crippen molar-refractivity contribution in [1.82, 2.24) is 4.57 Å². The minimum absolute atomic E-state index is 0.134. The van der Waals surface area contributed by atoms with Gasteiger partial charge in [0, 0.05) is 28.9 Å². The summed E-state index contributed by atoms with van der Waals surface area (Å²) in [5, 5.41) is 10.4. The van der Waals surface area contributed by atoms with Crippen LogP contribution in [0.5, 0.6) is 0 Å². The van der Waals surface area contributed by atoms with Crippen molar-refractivity contribution in [3.8, 4) is 0 Å². The largest absolute Gasteiger partial charge is 0.480 e. The van der Waals surface area contributed by atoms with Crippen molar-refractivity contribution in [3.05, 3.63) is 64.3 Å². The lowest BCUT2D eigenvalue weighted by Gasteiger charge is -2.07. The van der Waals surface area contributed by atoms with Gasteiger partial charge in [-0.3, -0.25) is 9.59 Å². The molecule has 0 amide bonds. The molecule has 6 nitrogen and oxygen atoms in total. The molecule has 0 radical (unpaired) electrons. The van der Waals surface area contributed by atoms with E-state index in [1.54, 1.807) is 10.6 Å².